The summed E-state index contributed by atoms with van der Waals surface area (Å²) in [6.07, 6.45) is 1.45. The minimum Gasteiger partial charge on any atom is -0.398 e. The highest BCUT2D eigenvalue weighted by molar-refractivity contribution is 5.81. The lowest BCUT2D eigenvalue weighted by atomic mass is 10.1. The molecular weight excluding hydrogens is 242 g/mol. The van der Waals surface area contributed by atoms with E-state index in [9.17, 15) is 9.59 Å². The van der Waals surface area contributed by atoms with Crippen LogP contribution in [0.3, 0.4) is 0 Å². The summed E-state index contributed by atoms with van der Waals surface area (Å²) in [6, 6.07) is 7.26. The van der Waals surface area contributed by atoms with Crippen molar-refractivity contribution in [2.75, 3.05) is 18.8 Å². The standard InChI is InChI=1S/C14H21N3O2/c1-2-8-16-13(18)7-9-17-14(19)10-11-5-3-4-6-12(11)15/h3-6H,2,7-10,15H2,1H3,(H,16,18)(H,17,19). The number of nitrogens with two attached hydrogens (primary N) is 1. The smallest absolute Gasteiger partial charge is 0.224 e. The zero-order valence-electron chi connectivity index (χ0n) is 11.2. The van der Waals surface area contributed by atoms with Crippen molar-refractivity contribution in [2.45, 2.75) is 26.2 Å². The van der Waals surface area contributed by atoms with Gasteiger partial charge in [0.15, 0.2) is 0 Å². The van der Waals surface area contributed by atoms with E-state index in [1.807, 2.05) is 25.1 Å². The van der Waals surface area contributed by atoms with Crippen LogP contribution in [0, 0.1) is 0 Å². The van der Waals surface area contributed by atoms with Crippen LogP contribution in [0.25, 0.3) is 0 Å². The van der Waals surface area contributed by atoms with Gasteiger partial charge in [-0.2, -0.15) is 0 Å². The Labute approximate surface area is 113 Å². The first-order chi connectivity index (χ1) is 9.13. The Hall–Kier alpha value is -2.04. The van der Waals surface area contributed by atoms with Gasteiger partial charge < -0.3 is 16.4 Å². The monoisotopic (exact) mass is 263 g/mol. The fourth-order valence-corrected chi connectivity index (χ4v) is 1.60. The molecule has 0 heterocycles. The second kappa shape index (κ2) is 8.13. The largest absolute Gasteiger partial charge is 0.398 e. The number of hydrogen-bond donors (Lipinski definition) is 3. The van der Waals surface area contributed by atoms with E-state index in [1.165, 1.54) is 0 Å². The van der Waals surface area contributed by atoms with Gasteiger partial charge in [-0.1, -0.05) is 25.1 Å². The number of carbonyl (C=O) groups excluding carboxylic acids is 2. The van der Waals surface area contributed by atoms with Gasteiger partial charge in [-0.15, -0.1) is 0 Å². The molecule has 0 aliphatic rings. The van der Waals surface area contributed by atoms with Crippen molar-refractivity contribution in [3.05, 3.63) is 29.8 Å². The first-order valence-corrected chi connectivity index (χ1v) is 6.50. The van der Waals surface area contributed by atoms with Gasteiger partial charge in [0.2, 0.25) is 11.8 Å². The molecule has 5 nitrogen and oxygen atoms in total. The molecule has 1 aromatic carbocycles. The zero-order valence-corrected chi connectivity index (χ0v) is 11.2. The maximum Gasteiger partial charge on any atom is 0.224 e. The second-order valence-corrected chi connectivity index (χ2v) is 4.33. The Balaban J connectivity index is 2.25. The lowest BCUT2D eigenvalue weighted by Gasteiger charge is -2.07. The van der Waals surface area contributed by atoms with Crippen LogP contribution in [0.5, 0.6) is 0 Å². The molecule has 0 aliphatic heterocycles. The van der Waals surface area contributed by atoms with E-state index in [-0.39, 0.29) is 18.2 Å². The summed E-state index contributed by atoms with van der Waals surface area (Å²) < 4.78 is 0. The number of anilines is 1. The SMILES string of the molecule is CCCNC(=O)CCNC(=O)Cc1ccccc1N. The van der Waals surface area contributed by atoms with E-state index in [1.54, 1.807) is 6.07 Å². The summed E-state index contributed by atoms with van der Waals surface area (Å²) in [5, 5.41) is 5.47. The zero-order chi connectivity index (χ0) is 14.1. The predicted molar refractivity (Wildman–Crippen MR) is 75.5 cm³/mol. The van der Waals surface area contributed by atoms with E-state index in [0.717, 1.165) is 12.0 Å². The van der Waals surface area contributed by atoms with Crippen LogP contribution in [-0.4, -0.2) is 24.9 Å². The van der Waals surface area contributed by atoms with Gasteiger partial charge in [0.1, 0.15) is 0 Å². The third-order valence-corrected chi connectivity index (χ3v) is 2.65. The first-order valence-electron chi connectivity index (χ1n) is 6.50. The number of rotatable bonds is 7. The fraction of sp³-hybridized carbons (Fsp3) is 0.429. The van der Waals surface area contributed by atoms with Crippen molar-refractivity contribution in [3.63, 3.8) is 0 Å². The maximum absolute atomic E-state index is 11.7. The Morgan fingerprint density at radius 3 is 2.47 bits per heavy atom. The highest BCUT2D eigenvalue weighted by atomic mass is 16.2. The van der Waals surface area contributed by atoms with Gasteiger partial charge in [-0.3, -0.25) is 9.59 Å². The van der Waals surface area contributed by atoms with Gasteiger partial charge in [-0.05, 0) is 18.1 Å². The first kappa shape index (κ1) is 15.0. The third kappa shape index (κ3) is 5.90. The van der Waals surface area contributed by atoms with E-state index in [0.29, 0.717) is 25.2 Å². The number of nitrogens with one attached hydrogen (secondary N) is 2. The number of hydrogen-bond acceptors (Lipinski definition) is 3. The Morgan fingerprint density at radius 1 is 1.11 bits per heavy atom. The molecule has 0 radical (unpaired) electrons. The molecule has 5 heteroatoms. The molecule has 19 heavy (non-hydrogen) atoms. The summed E-state index contributed by atoms with van der Waals surface area (Å²) in [5.41, 5.74) is 7.17. The van der Waals surface area contributed by atoms with Crippen molar-refractivity contribution in [3.8, 4) is 0 Å². The van der Waals surface area contributed by atoms with E-state index in [2.05, 4.69) is 10.6 Å². The summed E-state index contributed by atoms with van der Waals surface area (Å²) in [4.78, 5) is 23.0. The number of nitrogen functional groups attached to an aromatic ring is 1. The van der Waals surface area contributed by atoms with Gasteiger partial charge in [-0.25, -0.2) is 0 Å². The summed E-state index contributed by atoms with van der Waals surface area (Å²) in [6.45, 7) is 3.01. The molecule has 2 amide bonds. The molecule has 0 spiro atoms. The van der Waals surface area contributed by atoms with Gasteiger partial charge in [0, 0.05) is 25.2 Å². The average molecular weight is 263 g/mol. The normalized spacial score (nSPS) is 9.95. The van der Waals surface area contributed by atoms with E-state index >= 15 is 0 Å². The predicted octanol–water partition coefficient (Wildman–Crippen LogP) is 0.844. The molecule has 1 rings (SSSR count). The van der Waals surface area contributed by atoms with Crippen LogP contribution in [0.4, 0.5) is 5.69 Å². The Kier molecular flexibility index (Phi) is 6.43. The lowest BCUT2D eigenvalue weighted by Crippen LogP contribution is -2.31. The molecule has 4 N–H and O–H groups in total. The summed E-state index contributed by atoms with van der Waals surface area (Å²) >= 11 is 0. The minimum atomic E-state index is -0.124. The third-order valence-electron chi connectivity index (χ3n) is 2.65. The molecule has 104 valence electrons. The van der Waals surface area contributed by atoms with Crippen molar-refractivity contribution in [1.82, 2.24) is 10.6 Å². The quantitative estimate of drug-likeness (QED) is 0.637. The van der Waals surface area contributed by atoms with Crippen LogP contribution in [0.2, 0.25) is 0 Å². The van der Waals surface area contributed by atoms with E-state index < -0.39 is 0 Å². The topological polar surface area (TPSA) is 84.2 Å². The number of para-hydroxylation sites is 1. The van der Waals surface area contributed by atoms with Crippen LogP contribution < -0.4 is 16.4 Å². The highest BCUT2D eigenvalue weighted by Gasteiger charge is 2.06. The molecule has 1 aromatic rings. The molecule has 0 aliphatic carbocycles. The van der Waals surface area contributed by atoms with Crippen LogP contribution in [0.1, 0.15) is 25.3 Å². The fourth-order valence-electron chi connectivity index (χ4n) is 1.60. The second-order valence-electron chi connectivity index (χ2n) is 4.33. The highest BCUT2D eigenvalue weighted by Crippen LogP contribution is 2.10. The average Bonchev–Trinajstić information content (AvgIpc) is 2.39. The molecule has 0 saturated carbocycles. The molecule has 0 aromatic heterocycles. The van der Waals surface area contributed by atoms with Crippen molar-refractivity contribution >= 4 is 17.5 Å². The van der Waals surface area contributed by atoms with Crippen LogP contribution in [0.15, 0.2) is 24.3 Å². The number of carbonyl (C=O) groups is 2. The maximum atomic E-state index is 11.7. The minimum absolute atomic E-state index is 0.0404. The van der Waals surface area contributed by atoms with Crippen molar-refractivity contribution in [1.29, 1.82) is 0 Å². The van der Waals surface area contributed by atoms with Crippen LogP contribution >= 0.6 is 0 Å². The number of benzene rings is 1. The Bertz CT molecular complexity index is 432. The molecule has 0 saturated heterocycles. The number of amides is 2. The van der Waals surface area contributed by atoms with Crippen LogP contribution in [-0.2, 0) is 16.0 Å². The van der Waals surface area contributed by atoms with Gasteiger partial charge >= 0.3 is 0 Å². The van der Waals surface area contributed by atoms with E-state index in [4.69, 9.17) is 5.73 Å². The Morgan fingerprint density at radius 2 is 1.79 bits per heavy atom. The summed E-state index contributed by atoms with van der Waals surface area (Å²) in [5.74, 6) is -0.164. The summed E-state index contributed by atoms with van der Waals surface area (Å²) in [7, 11) is 0. The van der Waals surface area contributed by atoms with Crippen molar-refractivity contribution < 1.29 is 9.59 Å². The van der Waals surface area contributed by atoms with Gasteiger partial charge in [0.25, 0.3) is 0 Å². The lowest BCUT2D eigenvalue weighted by molar-refractivity contribution is -0.122. The molecular formula is C14H21N3O2. The van der Waals surface area contributed by atoms with Gasteiger partial charge in [0.05, 0.1) is 6.42 Å². The molecule has 0 unspecified atom stereocenters. The molecule has 0 bridgehead atoms. The molecule has 0 atom stereocenters. The molecule has 0 fully saturated rings. The van der Waals surface area contributed by atoms with Crippen molar-refractivity contribution in [2.24, 2.45) is 0 Å².